The molecule has 1 aromatic heterocycles. The number of amides is 3. The molecule has 1 saturated heterocycles. The summed E-state index contributed by atoms with van der Waals surface area (Å²) < 4.78 is 24.7. The molecule has 1 fully saturated rings. The minimum atomic E-state index is -3.27. The summed E-state index contributed by atoms with van der Waals surface area (Å²) in [6.45, 7) is 3.37. The van der Waals surface area contributed by atoms with Gasteiger partial charge in [-0.2, -0.15) is 0 Å². The number of furan rings is 1. The summed E-state index contributed by atoms with van der Waals surface area (Å²) in [5, 5.41) is 7.05. The maximum Gasteiger partial charge on any atom is 0.360 e. The Morgan fingerprint density at radius 2 is 2.29 bits per heavy atom. The lowest BCUT2D eigenvalue weighted by molar-refractivity contribution is -0.180. The van der Waals surface area contributed by atoms with E-state index in [1.807, 2.05) is 5.32 Å². The highest BCUT2D eigenvalue weighted by atomic mass is 19.1. The lowest BCUT2D eigenvalue weighted by atomic mass is 10.0. The van der Waals surface area contributed by atoms with Crippen molar-refractivity contribution in [3.8, 4) is 0 Å². The van der Waals surface area contributed by atoms with Crippen molar-refractivity contribution >= 4 is 24.1 Å². The predicted octanol–water partition coefficient (Wildman–Crippen LogP) is 0.703. The number of imide groups is 1. The molecule has 0 unspecified atom stereocenters. The van der Waals surface area contributed by atoms with E-state index >= 15 is 0 Å². The summed E-state index contributed by atoms with van der Waals surface area (Å²) >= 11 is 0. The Hall–Kier alpha value is -2.91. The third-order valence-electron chi connectivity index (χ3n) is 2.92. The van der Waals surface area contributed by atoms with E-state index in [1.165, 1.54) is 6.26 Å². The molecular formula is C14H16FN3O6. The normalized spacial score (nSPS) is 23.9. The number of halogens is 1. The summed E-state index contributed by atoms with van der Waals surface area (Å²) in [6, 6.07) is 2.10. The number of urea groups is 1. The van der Waals surface area contributed by atoms with E-state index in [1.54, 1.807) is 31.3 Å². The van der Waals surface area contributed by atoms with Crippen LogP contribution in [0.25, 0.3) is 0 Å². The van der Waals surface area contributed by atoms with Crippen molar-refractivity contribution in [3.63, 3.8) is 0 Å². The number of carbonyl (C=O) groups is 3. The van der Waals surface area contributed by atoms with E-state index in [0.717, 1.165) is 6.21 Å². The number of nitrogens with zero attached hydrogens (tertiary/aromatic N) is 1. The van der Waals surface area contributed by atoms with Crippen molar-refractivity contribution in [3.05, 3.63) is 24.2 Å². The van der Waals surface area contributed by atoms with Crippen LogP contribution in [0.4, 0.5) is 9.18 Å². The minimum Gasteiger partial charge on any atom is -0.463 e. The van der Waals surface area contributed by atoms with E-state index in [4.69, 9.17) is 14.0 Å². The maximum atomic E-state index is 15.0. The number of hydrogen-bond acceptors (Lipinski definition) is 7. The first-order valence-corrected chi connectivity index (χ1v) is 7.04. The summed E-state index contributed by atoms with van der Waals surface area (Å²) in [4.78, 5) is 39.9. The van der Waals surface area contributed by atoms with E-state index < -0.39 is 29.8 Å². The molecule has 3 amide bonds. The first-order chi connectivity index (χ1) is 11.3. The van der Waals surface area contributed by atoms with E-state index in [-0.39, 0.29) is 18.3 Å². The van der Waals surface area contributed by atoms with Gasteiger partial charge in [0.1, 0.15) is 12.0 Å². The second-order valence-corrected chi connectivity index (χ2v) is 5.37. The quantitative estimate of drug-likeness (QED) is 0.340. The van der Waals surface area contributed by atoms with Crippen molar-refractivity contribution in [2.24, 2.45) is 11.1 Å². The van der Waals surface area contributed by atoms with Crippen molar-refractivity contribution in [1.29, 1.82) is 0 Å². The second kappa shape index (κ2) is 7.11. The second-order valence-electron chi connectivity index (χ2n) is 5.37. The highest BCUT2D eigenvalue weighted by molar-refractivity contribution is 6.14. The van der Waals surface area contributed by atoms with E-state index in [2.05, 4.69) is 5.16 Å². The summed E-state index contributed by atoms with van der Waals surface area (Å²) in [7, 11) is 0. The molecule has 10 heteroatoms. The van der Waals surface area contributed by atoms with Crippen LogP contribution in [0.3, 0.4) is 0 Å². The largest absolute Gasteiger partial charge is 0.463 e. The molecule has 0 aromatic carbocycles. The molecule has 0 bridgehead atoms. The Labute approximate surface area is 136 Å². The molecule has 2 heterocycles. The van der Waals surface area contributed by atoms with Crippen LogP contribution in [-0.2, 0) is 19.2 Å². The van der Waals surface area contributed by atoms with Crippen molar-refractivity contribution in [2.75, 3.05) is 6.61 Å². The average molecular weight is 341 g/mol. The minimum absolute atomic E-state index is 0.0739. The van der Waals surface area contributed by atoms with E-state index in [0.29, 0.717) is 0 Å². The molecule has 1 aliphatic heterocycles. The first-order valence-electron chi connectivity index (χ1n) is 7.04. The molecule has 24 heavy (non-hydrogen) atoms. The predicted molar refractivity (Wildman–Crippen MR) is 77.5 cm³/mol. The van der Waals surface area contributed by atoms with Gasteiger partial charge in [0.25, 0.3) is 12.1 Å². The molecule has 1 aliphatic rings. The molecule has 2 atom stereocenters. The fraction of sp³-hybridized carbons (Fsp3) is 0.429. The summed E-state index contributed by atoms with van der Waals surface area (Å²) in [5.41, 5.74) is -3.27. The smallest absolute Gasteiger partial charge is 0.360 e. The molecule has 0 radical (unpaired) electrons. The molecule has 2 N–H and O–H groups in total. The summed E-state index contributed by atoms with van der Waals surface area (Å²) in [6.07, 6.45) is 0.475. The topological polar surface area (TPSA) is 119 Å². The lowest BCUT2D eigenvalue weighted by Gasteiger charge is -2.32. The molecule has 0 aliphatic carbocycles. The Morgan fingerprint density at radius 1 is 1.54 bits per heavy atom. The van der Waals surface area contributed by atoms with Gasteiger partial charge in [-0.1, -0.05) is 19.0 Å². The maximum absolute atomic E-state index is 15.0. The summed E-state index contributed by atoms with van der Waals surface area (Å²) in [5.74, 6) is -2.76. The van der Waals surface area contributed by atoms with Crippen molar-refractivity contribution < 1.29 is 32.8 Å². The van der Waals surface area contributed by atoms with Crippen LogP contribution in [-0.4, -0.2) is 42.6 Å². The number of rotatable bonds is 6. The first kappa shape index (κ1) is 17.4. The van der Waals surface area contributed by atoms with Gasteiger partial charge >= 0.3 is 17.7 Å². The van der Waals surface area contributed by atoms with Gasteiger partial charge in [-0.25, -0.2) is 14.0 Å². The van der Waals surface area contributed by atoms with E-state index in [9.17, 15) is 18.8 Å². The Kier molecular flexibility index (Phi) is 5.17. The van der Waals surface area contributed by atoms with Crippen LogP contribution in [0.5, 0.6) is 0 Å². The zero-order valence-electron chi connectivity index (χ0n) is 12.9. The fourth-order valence-electron chi connectivity index (χ4n) is 1.72. The van der Waals surface area contributed by atoms with Gasteiger partial charge in [0.2, 0.25) is 0 Å². The number of carbonyl (C=O) groups excluding carboxylic acids is 3. The Morgan fingerprint density at radius 3 is 2.92 bits per heavy atom. The molecule has 0 spiro atoms. The number of esters is 1. The fourth-order valence-corrected chi connectivity index (χ4v) is 1.72. The number of alkyl halides is 1. The molecule has 1 aromatic rings. The number of nitrogens with one attached hydrogen (secondary N) is 2. The standard InChI is InChI=1S/C14H16FN3O6/c1-8(2)7-23-12(20)14(15)10(19)17-13(21)18-11(14)24-16-6-9-4-3-5-22-9/h3-6,8,11H,7H2,1-2H3,(H2,17,18,19,21)/b16-6+/t11-,14-/m1/s1. The molecule has 130 valence electrons. The van der Waals surface area contributed by atoms with Gasteiger partial charge in [0, 0.05) is 0 Å². The third-order valence-corrected chi connectivity index (χ3v) is 2.92. The molecule has 2 rings (SSSR count). The zero-order valence-corrected chi connectivity index (χ0v) is 12.9. The van der Waals surface area contributed by atoms with Crippen molar-refractivity contribution in [2.45, 2.75) is 25.7 Å². The average Bonchev–Trinajstić information content (AvgIpc) is 3.02. The van der Waals surface area contributed by atoms with Gasteiger partial charge in [0.15, 0.2) is 0 Å². The molecule has 0 saturated carbocycles. The zero-order chi connectivity index (χ0) is 17.7. The molecule has 9 nitrogen and oxygen atoms in total. The Bertz CT molecular complexity index is 645. The van der Waals surface area contributed by atoms with Crippen LogP contribution >= 0.6 is 0 Å². The van der Waals surface area contributed by atoms with Crippen LogP contribution in [0, 0.1) is 5.92 Å². The highest BCUT2D eigenvalue weighted by Crippen LogP contribution is 2.24. The SMILES string of the molecule is CC(C)COC(=O)[C@@]1(F)C(=O)NC(=O)N[C@@H]1O/N=C/c1ccco1. The van der Waals surface area contributed by atoms with Crippen LogP contribution in [0.1, 0.15) is 19.6 Å². The van der Waals surface area contributed by atoms with Crippen LogP contribution < -0.4 is 10.6 Å². The van der Waals surface area contributed by atoms with Crippen LogP contribution in [0.2, 0.25) is 0 Å². The number of hydrogen-bond donors (Lipinski definition) is 2. The third kappa shape index (κ3) is 3.70. The highest BCUT2D eigenvalue weighted by Gasteiger charge is 2.61. The van der Waals surface area contributed by atoms with Gasteiger partial charge in [-0.3, -0.25) is 15.4 Å². The molecular weight excluding hydrogens is 325 g/mol. The van der Waals surface area contributed by atoms with Crippen LogP contribution in [0.15, 0.2) is 28.0 Å². The van der Waals surface area contributed by atoms with Gasteiger partial charge in [-0.15, -0.1) is 0 Å². The van der Waals surface area contributed by atoms with Gasteiger partial charge in [-0.05, 0) is 18.1 Å². The van der Waals surface area contributed by atoms with Gasteiger partial charge < -0.3 is 14.0 Å². The monoisotopic (exact) mass is 341 g/mol. The Balaban J connectivity index is 2.15. The van der Waals surface area contributed by atoms with Gasteiger partial charge in [0.05, 0.1) is 12.9 Å². The number of ether oxygens (including phenoxy) is 1. The lowest BCUT2D eigenvalue weighted by Crippen LogP contribution is -2.70. The number of oxime groups is 1. The van der Waals surface area contributed by atoms with Crippen molar-refractivity contribution in [1.82, 2.24) is 10.6 Å².